The molecule has 18 heavy (non-hydrogen) atoms. The Morgan fingerprint density at radius 3 is 2.56 bits per heavy atom. The minimum Gasteiger partial charge on any atom is -0.490 e. The molecule has 2 aliphatic carbocycles. The van der Waals surface area contributed by atoms with Crippen molar-refractivity contribution in [1.29, 1.82) is 0 Å². The third kappa shape index (κ3) is 2.08. The van der Waals surface area contributed by atoms with E-state index in [1.165, 1.54) is 44.1 Å². The van der Waals surface area contributed by atoms with E-state index in [1.54, 1.807) is 0 Å². The number of hydrogen-bond acceptors (Lipinski definition) is 2. The smallest absolute Gasteiger partial charge is 0.123 e. The van der Waals surface area contributed by atoms with Crippen LogP contribution in [0.15, 0.2) is 22.7 Å². The molecule has 0 spiro atoms. The lowest BCUT2D eigenvalue weighted by molar-refractivity contribution is 0.114. The fourth-order valence-corrected chi connectivity index (χ4v) is 3.24. The molecule has 3 heteroatoms. The van der Waals surface area contributed by atoms with Crippen LogP contribution in [-0.2, 0) is 5.41 Å². The number of ether oxygens (including phenoxy) is 1. The lowest BCUT2D eigenvalue weighted by Crippen LogP contribution is -2.42. The molecule has 2 N–H and O–H groups in total. The molecule has 98 valence electrons. The fourth-order valence-electron chi connectivity index (χ4n) is 2.87. The van der Waals surface area contributed by atoms with Crippen molar-refractivity contribution >= 4 is 15.9 Å². The van der Waals surface area contributed by atoms with Crippen molar-refractivity contribution < 1.29 is 4.74 Å². The van der Waals surface area contributed by atoms with Gasteiger partial charge < -0.3 is 10.5 Å². The van der Waals surface area contributed by atoms with E-state index < -0.39 is 0 Å². The molecule has 2 fully saturated rings. The van der Waals surface area contributed by atoms with Crippen molar-refractivity contribution in [3.05, 3.63) is 28.2 Å². The second-order valence-electron chi connectivity index (χ2n) is 5.65. The Bertz CT molecular complexity index is 433. The van der Waals surface area contributed by atoms with E-state index in [0.29, 0.717) is 6.10 Å². The highest BCUT2D eigenvalue weighted by atomic mass is 79.9. The van der Waals surface area contributed by atoms with E-state index in [-0.39, 0.29) is 5.41 Å². The monoisotopic (exact) mass is 309 g/mol. The first kappa shape index (κ1) is 12.5. The molecule has 0 radical (unpaired) electrons. The Labute approximate surface area is 117 Å². The van der Waals surface area contributed by atoms with Crippen LogP contribution in [-0.4, -0.2) is 12.6 Å². The SMILES string of the molecule is NCC1(c2cc(Br)ccc2OC2CCC2)CCC1. The minimum atomic E-state index is 0.170. The summed E-state index contributed by atoms with van der Waals surface area (Å²) in [6.45, 7) is 0.727. The molecule has 0 aliphatic heterocycles. The fraction of sp³-hybridized carbons (Fsp3) is 0.600. The van der Waals surface area contributed by atoms with Crippen LogP contribution < -0.4 is 10.5 Å². The van der Waals surface area contributed by atoms with Gasteiger partial charge in [-0.1, -0.05) is 22.4 Å². The summed E-state index contributed by atoms with van der Waals surface area (Å²) in [7, 11) is 0. The topological polar surface area (TPSA) is 35.2 Å². The standard InChI is InChI=1S/C15H20BrNO/c16-11-5-6-14(18-12-3-1-4-12)13(9-11)15(10-17)7-2-8-15/h5-6,9,12H,1-4,7-8,10,17H2. The van der Waals surface area contributed by atoms with Gasteiger partial charge in [0.05, 0.1) is 6.10 Å². The van der Waals surface area contributed by atoms with E-state index in [4.69, 9.17) is 10.5 Å². The highest BCUT2D eigenvalue weighted by Gasteiger charge is 2.40. The average molecular weight is 310 g/mol. The summed E-state index contributed by atoms with van der Waals surface area (Å²) in [5, 5.41) is 0. The van der Waals surface area contributed by atoms with Crippen LogP contribution >= 0.6 is 15.9 Å². The lowest BCUT2D eigenvalue weighted by Gasteiger charge is -2.43. The lowest BCUT2D eigenvalue weighted by atomic mass is 9.64. The van der Waals surface area contributed by atoms with Gasteiger partial charge in [0.15, 0.2) is 0 Å². The van der Waals surface area contributed by atoms with Crippen LogP contribution in [0.25, 0.3) is 0 Å². The molecule has 0 aromatic heterocycles. The Morgan fingerprint density at radius 1 is 1.28 bits per heavy atom. The van der Waals surface area contributed by atoms with E-state index in [0.717, 1.165) is 16.8 Å². The summed E-state index contributed by atoms with van der Waals surface area (Å²) >= 11 is 3.57. The second-order valence-corrected chi connectivity index (χ2v) is 6.56. The van der Waals surface area contributed by atoms with Gasteiger partial charge in [-0.3, -0.25) is 0 Å². The van der Waals surface area contributed by atoms with Crippen molar-refractivity contribution in [3.8, 4) is 5.75 Å². The predicted octanol–water partition coefficient (Wildman–Crippen LogP) is 3.76. The Kier molecular flexibility index (Phi) is 3.37. The summed E-state index contributed by atoms with van der Waals surface area (Å²) < 4.78 is 7.27. The summed E-state index contributed by atoms with van der Waals surface area (Å²) in [5.74, 6) is 1.06. The van der Waals surface area contributed by atoms with Gasteiger partial charge in [-0.2, -0.15) is 0 Å². The quantitative estimate of drug-likeness (QED) is 0.919. The summed E-state index contributed by atoms with van der Waals surface area (Å²) in [4.78, 5) is 0. The zero-order valence-electron chi connectivity index (χ0n) is 10.6. The third-order valence-corrected chi connectivity index (χ3v) is 5.05. The highest BCUT2D eigenvalue weighted by molar-refractivity contribution is 9.10. The molecule has 1 aromatic rings. The molecular weight excluding hydrogens is 290 g/mol. The van der Waals surface area contributed by atoms with Crippen molar-refractivity contribution in [3.63, 3.8) is 0 Å². The first-order chi connectivity index (χ1) is 8.73. The second kappa shape index (κ2) is 4.86. The molecule has 2 aliphatic rings. The Balaban J connectivity index is 1.91. The largest absolute Gasteiger partial charge is 0.490 e. The molecule has 3 rings (SSSR count). The van der Waals surface area contributed by atoms with Crippen LogP contribution in [0.5, 0.6) is 5.75 Å². The third-order valence-electron chi connectivity index (χ3n) is 4.56. The molecule has 0 amide bonds. The zero-order chi connectivity index (χ0) is 12.6. The molecule has 0 unspecified atom stereocenters. The first-order valence-electron chi connectivity index (χ1n) is 6.90. The maximum absolute atomic E-state index is 6.14. The van der Waals surface area contributed by atoms with Crippen LogP contribution in [0.2, 0.25) is 0 Å². The van der Waals surface area contributed by atoms with Gasteiger partial charge in [0.25, 0.3) is 0 Å². The zero-order valence-corrected chi connectivity index (χ0v) is 12.2. The molecule has 2 nitrogen and oxygen atoms in total. The summed E-state index contributed by atoms with van der Waals surface area (Å²) in [5.41, 5.74) is 7.51. The summed E-state index contributed by atoms with van der Waals surface area (Å²) in [6.07, 6.45) is 7.81. The number of hydrogen-bond donors (Lipinski definition) is 1. The molecule has 0 heterocycles. The van der Waals surface area contributed by atoms with Crippen LogP contribution in [0, 0.1) is 0 Å². The first-order valence-corrected chi connectivity index (χ1v) is 7.70. The van der Waals surface area contributed by atoms with Gasteiger partial charge in [0.1, 0.15) is 5.75 Å². The average Bonchev–Trinajstić information content (AvgIpc) is 2.25. The molecule has 1 aromatic carbocycles. The normalized spacial score (nSPS) is 22.1. The minimum absolute atomic E-state index is 0.170. The number of halogens is 1. The van der Waals surface area contributed by atoms with Crippen LogP contribution in [0.1, 0.15) is 44.1 Å². The molecule has 0 atom stereocenters. The maximum atomic E-state index is 6.14. The highest BCUT2D eigenvalue weighted by Crippen LogP contribution is 2.47. The van der Waals surface area contributed by atoms with Crippen molar-refractivity contribution in [2.24, 2.45) is 5.73 Å². The Hall–Kier alpha value is -0.540. The number of rotatable bonds is 4. The van der Waals surface area contributed by atoms with Crippen LogP contribution in [0.4, 0.5) is 0 Å². The maximum Gasteiger partial charge on any atom is 0.123 e. The van der Waals surface area contributed by atoms with Gasteiger partial charge in [-0.15, -0.1) is 0 Å². The van der Waals surface area contributed by atoms with Gasteiger partial charge in [-0.05, 0) is 50.3 Å². The predicted molar refractivity (Wildman–Crippen MR) is 77.0 cm³/mol. The summed E-state index contributed by atoms with van der Waals surface area (Å²) in [6, 6.07) is 6.38. The van der Waals surface area contributed by atoms with Gasteiger partial charge in [0, 0.05) is 22.0 Å². The number of nitrogens with two attached hydrogens (primary N) is 1. The van der Waals surface area contributed by atoms with E-state index in [9.17, 15) is 0 Å². The molecule has 0 bridgehead atoms. The van der Waals surface area contributed by atoms with Crippen LogP contribution in [0.3, 0.4) is 0 Å². The Morgan fingerprint density at radius 2 is 2.06 bits per heavy atom. The van der Waals surface area contributed by atoms with Gasteiger partial charge in [-0.25, -0.2) is 0 Å². The number of benzene rings is 1. The van der Waals surface area contributed by atoms with E-state index in [2.05, 4.69) is 34.1 Å². The van der Waals surface area contributed by atoms with E-state index in [1.807, 2.05) is 0 Å². The van der Waals surface area contributed by atoms with Crippen molar-refractivity contribution in [2.45, 2.75) is 50.0 Å². The van der Waals surface area contributed by atoms with Crippen molar-refractivity contribution in [1.82, 2.24) is 0 Å². The molecule has 0 saturated heterocycles. The molecular formula is C15H20BrNO. The van der Waals surface area contributed by atoms with Gasteiger partial charge >= 0.3 is 0 Å². The molecule has 2 saturated carbocycles. The van der Waals surface area contributed by atoms with Gasteiger partial charge in [0.2, 0.25) is 0 Å². The van der Waals surface area contributed by atoms with Crippen molar-refractivity contribution in [2.75, 3.05) is 6.54 Å². The van der Waals surface area contributed by atoms with E-state index >= 15 is 0 Å².